The van der Waals surface area contributed by atoms with Crippen molar-refractivity contribution >= 4 is 29.3 Å². The van der Waals surface area contributed by atoms with Crippen LogP contribution in [0.3, 0.4) is 0 Å². The van der Waals surface area contributed by atoms with Gasteiger partial charge in [0.05, 0.1) is 23.4 Å². The smallest absolute Gasteiger partial charge is 0.310 e. The second-order valence-electron chi connectivity index (χ2n) is 17.3. The van der Waals surface area contributed by atoms with Crippen molar-refractivity contribution in [2.45, 2.75) is 123 Å². The molecule has 4 aliphatic rings. The third-order valence-corrected chi connectivity index (χ3v) is 14.5. The van der Waals surface area contributed by atoms with Gasteiger partial charge in [0.15, 0.2) is 0 Å². The minimum absolute atomic E-state index is 0.0146. The molecular formula is C43H56N2O10. The maximum atomic E-state index is 13.7. The lowest BCUT2D eigenvalue weighted by Gasteiger charge is -2.62. The molecular weight excluding hydrogens is 704 g/mol. The van der Waals surface area contributed by atoms with Crippen LogP contribution in [-0.4, -0.2) is 47.1 Å². The maximum absolute atomic E-state index is 13.7. The summed E-state index contributed by atoms with van der Waals surface area (Å²) in [5.74, 6) is 1.39. The molecule has 4 saturated carbocycles. The number of fused-ring (bicyclic) bond motifs is 5. The lowest BCUT2D eigenvalue weighted by Crippen LogP contribution is -2.59. The van der Waals surface area contributed by atoms with Gasteiger partial charge in [-0.15, -0.1) is 0 Å². The maximum Gasteiger partial charge on any atom is 0.310 e. The highest BCUT2D eigenvalue weighted by atomic mass is 16.6. The van der Waals surface area contributed by atoms with Crippen molar-refractivity contribution in [3.8, 4) is 0 Å². The molecule has 298 valence electrons. The summed E-state index contributed by atoms with van der Waals surface area (Å²) >= 11 is 0. The number of carbonyl (C=O) groups is 3. The number of hydrogen-bond donors (Lipinski definition) is 0. The second-order valence-corrected chi connectivity index (χ2v) is 17.3. The highest BCUT2D eigenvalue weighted by Crippen LogP contribution is 2.69. The SMILES string of the molecule is COC(=O)CC[C@@H](C)[C@H]1CC[C@H]2[C@@H]3CC[C@@H]4C[C@H](OC(=O)CCCc5ccc([N+](=O)[O-])cc5)CC[C@]4(C)[C@H]3C[C@H](OC(=O)Cc3ccc([N+](=O)[O-])cc3)[C@]12C. The molecule has 0 aromatic heterocycles. The molecule has 12 nitrogen and oxygen atoms in total. The van der Waals surface area contributed by atoms with Gasteiger partial charge in [0.1, 0.15) is 12.2 Å². The highest BCUT2D eigenvalue weighted by Gasteiger charge is 2.65. The minimum Gasteiger partial charge on any atom is -0.469 e. The Bertz CT molecular complexity index is 1730. The van der Waals surface area contributed by atoms with E-state index in [1.807, 2.05) is 0 Å². The number of aryl methyl sites for hydroxylation is 1. The Hall–Kier alpha value is -4.35. The highest BCUT2D eigenvalue weighted by molar-refractivity contribution is 5.73. The predicted molar refractivity (Wildman–Crippen MR) is 204 cm³/mol. The number of ether oxygens (including phenoxy) is 3. The summed E-state index contributed by atoms with van der Waals surface area (Å²) in [6.45, 7) is 6.97. The van der Waals surface area contributed by atoms with Crippen LogP contribution in [0, 0.1) is 66.6 Å². The molecule has 0 unspecified atom stereocenters. The summed E-state index contributed by atoms with van der Waals surface area (Å²) in [6, 6.07) is 12.5. The summed E-state index contributed by atoms with van der Waals surface area (Å²) in [7, 11) is 1.42. The van der Waals surface area contributed by atoms with Gasteiger partial charge in [0.2, 0.25) is 0 Å². The topological polar surface area (TPSA) is 165 Å². The summed E-state index contributed by atoms with van der Waals surface area (Å²) in [5, 5.41) is 22.1. The van der Waals surface area contributed by atoms with Crippen molar-refractivity contribution < 1.29 is 38.4 Å². The third-order valence-electron chi connectivity index (χ3n) is 14.5. The number of carbonyl (C=O) groups excluding carboxylic acids is 3. The van der Waals surface area contributed by atoms with E-state index in [1.54, 1.807) is 24.3 Å². The quantitative estimate of drug-likeness (QED) is 0.0787. The molecule has 0 spiro atoms. The van der Waals surface area contributed by atoms with E-state index in [0.717, 1.165) is 56.9 Å². The van der Waals surface area contributed by atoms with Gasteiger partial charge in [0.25, 0.3) is 11.4 Å². The first-order valence-corrected chi connectivity index (χ1v) is 20.1. The van der Waals surface area contributed by atoms with Crippen LogP contribution in [0.2, 0.25) is 0 Å². The Balaban J connectivity index is 1.13. The largest absolute Gasteiger partial charge is 0.469 e. The van der Waals surface area contributed by atoms with E-state index in [4.69, 9.17) is 14.2 Å². The van der Waals surface area contributed by atoms with Gasteiger partial charge in [-0.1, -0.05) is 45.0 Å². The van der Waals surface area contributed by atoms with Gasteiger partial charge in [0, 0.05) is 42.5 Å². The number of methoxy groups -OCH3 is 1. The van der Waals surface area contributed by atoms with E-state index in [9.17, 15) is 34.6 Å². The van der Waals surface area contributed by atoms with Crippen LogP contribution in [-0.2, 0) is 41.4 Å². The van der Waals surface area contributed by atoms with Crippen molar-refractivity contribution in [3.05, 3.63) is 79.9 Å². The third kappa shape index (κ3) is 8.58. The first-order valence-electron chi connectivity index (χ1n) is 20.1. The molecule has 4 aliphatic carbocycles. The van der Waals surface area contributed by atoms with E-state index in [0.29, 0.717) is 61.3 Å². The van der Waals surface area contributed by atoms with Gasteiger partial charge in [-0.3, -0.25) is 34.6 Å². The van der Waals surface area contributed by atoms with Crippen LogP contribution >= 0.6 is 0 Å². The van der Waals surface area contributed by atoms with Crippen LogP contribution in [0.4, 0.5) is 11.4 Å². The fourth-order valence-electron chi connectivity index (χ4n) is 11.6. The molecule has 2 aromatic carbocycles. The van der Waals surface area contributed by atoms with E-state index < -0.39 is 9.85 Å². The summed E-state index contributed by atoms with van der Waals surface area (Å²) in [6.07, 6.45) is 9.80. The van der Waals surface area contributed by atoms with Gasteiger partial charge in [-0.05, 0) is 123 Å². The first kappa shape index (κ1) is 40.3. The van der Waals surface area contributed by atoms with Crippen molar-refractivity contribution in [2.24, 2.45) is 46.3 Å². The van der Waals surface area contributed by atoms with E-state index in [1.165, 1.54) is 31.4 Å². The monoisotopic (exact) mass is 760 g/mol. The van der Waals surface area contributed by atoms with Crippen molar-refractivity contribution in [1.82, 2.24) is 0 Å². The van der Waals surface area contributed by atoms with Gasteiger partial charge in [-0.2, -0.15) is 0 Å². The van der Waals surface area contributed by atoms with Crippen molar-refractivity contribution in [2.75, 3.05) is 7.11 Å². The summed E-state index contributed by atoms with van der Waals surface area (Å²) in [5.41, 5.74) is 1.41. The molecule has 2 aromatic rings. The van der Waals surface area contributed by atoms with Crippen LogP contribution < -0.4 is 0 Å². The molecule has 6 rings (SSSR count). The van der Waals surface area contributed by atoms with Gasteiger partial charge < -0.3 is 14.2 Å². The number of non-ortho nitro benzene ring substituents is 2. The van der Waals surface area contributed by atoms with Gasteiger partial charge >= 0.3 is 17.9 Å². The normalized spacial score (nSPS) is 31.5. The Morgan fingerprint density at radius 2 is 1.44 bits per heavy atom. The summed E-state index contributed by atoms with van der Waals surface area (Å²) in [4.78, 5) is 60.1. The number of hydrogen-bond acceptors (Lipinski definition) is 10. The molecule has 10 atom stereocenters. The van der Waals surface area contributed by atoms with E-state index >= 15 is 0 Å². The first-order chi connectivity index (χ1) is 26.2. The molecule has 0 N–H and O–H groups in total. The number of esters is 3. The molecule has 0 radical (unpaired) electrons. The zero-order valence-electron chi connectivity index (χ0n) is 32.6. The van der Waals surface area contributed by atoms with Crippen LogP contribution in [0.1, 0.15) is 109 Å². The zero-order chi connectivity index (χ0) is 39.5. The Kier molecular flexibility index (Phi) is 12.3. The number of nitrogens with zero attached hydrogens (tertiary/aromatic N) is 2. The fourth-order valence-corrected chi connectivity index (χ4v) is 11.6. The van der Waals surface area contributed by atoms with Crippen LogP contribution in [0.25, 0.3) is 0 Å². The fraction of sp³-hybridized carbons (Fsp3) is 0.651. The Morgan fingerprint density at radius 3 is 2.07 bits per heavy atom. The minimum atomic E-state index is -0.453. The average Bonchev–Trinajstić information content (AvgIpc) is 3.52. The molecule has 0 aliphatic heterocycles. The molecule has 4 fully saturated rings. The van der Waals surface area contributed by atoms with Crippen molar-refractivity contribution in [3.63, 3.8) is 0 Å². The van der Waals surface area contributed by atoms with Crippen LogP contribution in [0.5, 0.6) is 0 Å². The predicted octanol–water partition coefficient (Wildman–Crippen LogP) is 8.75. The molecule has 0 heterocycles. The number of benzene rings is 2. The van der Waals surface area contributed by atoms with E-state index in [2.05, 4.69) is 20.8 Å². The van der Waals surface area contributed by atoms with Crippen LogP contribution in [0.15, 0.2) is 48.5 Å². The molecule has 12 heteroatoms. The lowest BCUT2D eigenvalue weighted by atomic mass is 9.43. The molecule has 55 heavy (non-hydrogen) atoms. The molecule has 0 bridgehead atoms. The standard InChI is InChI=1S/C43H56N2O10/c1-27(8-21-39(46)53-4)35-19-20-36-34-18-13-30-25-33(54-40(47)7-5-6-28-9-14-31(15-10-28)44(49)50)22-23-42(30,2)37(34)26-38(43(35,36)3)55-41(48)24-29-11-16-32(17-12-29)45(51)52/h9-12,14-17,27,30,33-38H,5-8,13,18-26H2,1-4H3/t27-,30-,33-,34+,35-,36+,37+,38+,42+,43-/m1/s1. The molecule has 0 saturated heterocycles. The Labute approximate surface area is 323 Å². The number of nitro groups is 2. The zero-order valence-corrected chi connectivity index (χ0v) is 32.6. The van der Waals surface area contributed by atoms with E-state index in [-0.39, 0.29) is 70.6 Å². The van der Waals surface area contributed by atoms with Gasteiger partial charge in [-0.25, -0.2) is 0 Å². The van der Waals surface area contributed by atoms with Crippen molar-refractivity contribution in [1.29, 1.82) is 0 Å². The Morgan fingerprint density at radius 1 is 0.782 bits per heavy atom. The molecule has 0 amide bonds. The lowest BCUT2D eigenvalue weighted by molar-refractivity contribution is -0.385. The average molecular weight is 761 g/mol. The summed E-state index contributed by atoms with van der Waals surface area (Å²) < 4.78 is 17.6. The second kappa shape index (κ2) is 16.8. The number of rotatable bonds is 14. The number of nitro benzene ring substituents is 2.